The van der Waals surface area contributed by atoms with Crippen LogP contribution >= 0.6 is 10.0 Å². The lowest BCUT2D eigenvalue weighted by Crippen LogP contribution is -2.45. The first-order chi connectivity index (χ1) is 17.1. The molecule has 0 saturated heterocycles. The van der Waals surface area contributed by atoms with Gasteiger partial charge in [0.15, 0.2) is 9.84 Å². The van der Waals surface area contributed by atoms with Gasteiger partial charge in [-0.2, -0.15) is 0 Å². The lowest BCUT2D eigenvalue weighted by atomic mass is 9.91. The molecule has 2 aromatic rings. The molecule has 8 nitrogen and oxygen atoms in total. The summed E-state index contributed by atoms with van der Waals surface area (Å²) in [5, 5.41) is 11.4. The maximum absolute atomic E-state index is 14.8. The van der Waals surface area contributed by atoms with Gasteiger partial charge in [0.05, 0.1) is 9.79 Å². The third kappa shape index (κ3) is 6.67. The number of benzene rings is 2. The Kier molecular flexibility index (Phi) is 8.33. The Morgan fingerprint density at radius 2 is 1.65 bits per heavy atom. The van der Waals surface area contributed by atoms with Crippen LogP contribution in [0.2, 0.25) is 0 Å². The highest BCUT2D eigenvalue weighted by atomic mass is 32.3. The number of nitrogens with one attached hydrogen (secondary N) is 1. The molecule has 0 aromatic heterocycles. The molecule has 202 valence electrons. The number of carboxylic acid groups (broad SMARTS) is 1. The largest absolute Gasteiger partial charge is 0.481 e. The van der Waals surface area contributed by atoms with E-state index in [2.05, 4.69) is 5.32 Å². The maximum Gasteiger partial charge on any atom is 0.303 e. The molecule has 37 heavy (non-hydrogen) atoms. The van der Waals surface area contributed by atoms with Crippen molar-refractivity contribution < 1.29 is 36.7 Å². The van der Waals surface area contributed by atoms with Crippen molar-refractivity contribution in [3.8, 4) is 0 Å². The van der Waals surface area contributed by atoms with Gasteiger partial charge in [-0.15, -0.1) is 0 Å². The first-order valence-corrected chi connectivity index (χ1v) is 16.2. The summed E-state index contributed by atoms with van der Waals surface area (Å²) in [6, 6.07) is 5.12. The molecule has 0 bridgehead atoms. The van der Waals surface area contributed by atoms with Crippen LogP contribution < -0.4 is 5.32 Å². The fourth-order valence-corrected chi connectivity index (χ4v) is 6.31. The Labute approximate surface area is 216 Å². The molecule has 2 aromatic carbocycles. The number of hydrogen-bond donors (Lipinski definition) is 2. The standard InChI is InChI=1S/C25H30F2N2O6S2/c1-36(2,3)24-19(26)13-16(14-20(24)27)28-25(33)23-18-9-8-17(37(4,34)35)12-15(18)10-11-29(23)21(30)6-5-7-22(31)32/h8-9,12-14,23H,5-7,10-11H2,1-4H3,(H,28,33)(H,31,32)/t23-/m1/s1. The molecule has 0 fully saturated rings. The van der Waals surface area contributed by atoms with Crippen molar-refractivity contribution in [1.29, 1.82) is 0 Å². The summed E-state index contributed by atoms with van der Waals surface area (Å²) in [4.78, 5) is 38.6. The van der Waals surface area contributed by atoms with Crippen LogP contribution in [-0.2, 0) is 30.6 Å². The highest BCUT2D eigenvalue weighted by Gasteiger charge is 2.36. The van der Waals surface area contributed by atoms with E-state index in [0.29, 0.717) is 11.1 Å². The Morgan fingerprint density at radius 1 is 1.03 bits per heavy atom. The van der Waals surface area contributed by atoms with Gasteiger partial charge in [-0.05, 0) is 67.0 Å². The van der Waals surface area contributed by atoms with Gasteiger partial charge in [0, 0.05) is 31.3 Å². The third-order valence-corrected chi connectivity index (χ3v) is 8.72. The zero-order valence-corrected chi connectivity index (χ0v) is 22.6. The quantitative estimate of drug-likeness (QED) is 0.511. The van der Waals surface area contributed by atoms with Gasteiger partial charge in [-0.25, -0.2) is 27.2 Å². The average Bonchev–Trinajstić information content (AvgIpc) is 2.75. The molecule has 1 atom stereocenters. The van der Waals surface area contributed by atoms with Gasteiger partial charge in [-0.3, -0.25) is 14.4 Å². The zero-order chi connectivity index (χ0) is 27.7. The van der Waals surface area contributed by atoms with Crippen LogP contribution in [0.15, 0.2) is 40.1 Å². The summed E-state index contributed by atoms with van der Waals surface area (Å²) in [7, 11) is -5.24. The fraction of sp³-hybridized carbons (Fsp3) is 0.400. The number of sulfone groups is 1. The monoisotopic (exact) mass is 556 g/mol. The molecule has 0 aliphatic carbocycles. The summed E-state index contributed by atoms with van der Waals surface area (Å²) >= 11 is 0. The van der Waals surface area contributed by atoms with E-state index in [4.69, 9.17) is 5.11 Å². The van der Waals surface area contributed by atoms with E-state index in [-0.39, 0.29) is 47.7 Å². The lowest BCUT2D eigenvalue weighted by molar-refractivity contribution is -0.140. The minimum absolute atomic E-state index is 0.0444. The van der Waals surface area contributed by atoms with E-state index in [0.717, 1.165) is 18.4 Å². The number of fused-ring (bicyclic) bond motifs is 1. The molecule has 3 rings (SSSR count). The van der Waals surface area contributed by atoms with E-state index in [9.17, 15) is 31.6 Å². The number of carbonyl (C=O) groups is 3. The van der Waals surface area contributed by atoms with Gasteiger partial charge in [0.2, 0.25) is 5.91 Å². The minimum atomic E-state index is -3.52. The van der Waals surface area contributed by atoms with Crippen molar-refractivity contribution in [3.63, 3.8) is 0 Å². The number of anilines is 1. The number of aliphatic carboxylic acids is 1. The summed E-state index contributed by atoms with van der Waals surface area (Å²) in [6.45, 7) is 0.0826. The van der Waals surface area contributed by atoms with Crippen molar-refractivity contribution >= 4 is 43.3 Å². The van der Waals surface area contributed by atoms with Gasteiger partial charge < -0.3 is 15.3 Å². The number of carboxylic acids is 1. The second-order valence-electron chi connectivity index (χ2n) is 9.72. The second-order valence-corrected chi connectivity index (χ2v) is 15.8. The van der Waals surface area contributed by atoms with Gasteiger partial charge in [0.1, 0.15) is 17.7 Å². The topological polar surface area (TPSA) is 121 Å². The average molecular weight is 557 g/mol. The Balaban J connectivity index is 1.98. The van der Waals surface area contributed by atoms with Crippen LogP contribution in [0, 0.1) is 11.6 Å². The molecule has 0 spiro atoms. The van der Waals surface area contributed by atoms with Gasteiger partial charge >= 0.3 is 5.97 Å². The van der Waals surface area contributed by atoms with E-state index in [1.807, 2.05) is 0 Å². The smallest absolute Gasteiger partial charge is 0.303 e. The molecule has 1 aliphatic rings. The van der Waals surface area contributed by atoms with Crippen molar-refractivity contribution in [2.24, 2.45) is 0 Å². The molecule has 0 saturated carbocycles. The predicted molar refractivity (Wildman–Crippen MR) is 138 cm³/mol. The molecule has 0 radical (unpaired) electrons. The van der Waals surface area contributed by atoms with E-state index in [1.54, 1.807) is 18.8 Å². The number of hydrogen-bond acceptors (Lipinski definition) is 5. The van der Waals surface area contributed by atoms with E-state index >= 15 is 0 Å². The first-order valence-electron chi connectivity index (χ1n) is 11.4. The van der Waals surface area contributed by atoms with Crippen LogP contribution in [-0.4, -0.2) is 67.8 Å². The number of nitrogens with zero attached hydrogens (tertiary/aromatic N) is 1. The molecule has 1 aliphatic heterocycles. The predicted octanol–water partition coefficient (Wildman–Crippen LogP) is 3.74. The molecular formula is C25H30F2N2O6S2. The molecular weight excluding hydrogens is 526 g/mol. The van der Waals surface area contributed by atoms with Crippen molar-refractivity contribution in [2.45, 2.75) is 41.5 Å². The zero-order valence-electron chi connectivity index (χ0n) is 21.0. The highest BCUT2D eigenvalue weighted by Crippen LogP contribution is 2.48. The maximum atomic E-state index is 14.8. The lowest BCUT2D eigenvalue weighted by Gasteiger charge is -2.36. The number of halogens is 2. The van der Waals surface area contributed by atoms with Crippen LogP contribution in [0.4, 0.5) is 14.5 Å². The summed E-state index contributed by atoms with van der Waals surface area (Å²) < 4.78 is 53.6. The summed E-state index contributed by atoms with van der Waals surface area (Å²) in [5.41, 5.74) is 0.826. The summed E-state index contributed by atoms with van der Waals surface area (Å²) in [5.74, 6) is -3.82. The van der Waals surface area contributed by atoms with Crippen LogP contribution in [0.1, 0.15) is 36.4 Å². The molecule has 2 amide bonds. The van der Waals surface area contributed by atoms with Crippen molar-refractivity contribution in [2.75, 3.05) is 36.9 Å². The SMILES string of the molecule is CS(C)(C)c1c(F)cc(NC(=O)[C@H]2c3ccc(S(C)(=O)=O)cc3CCN2C(=O)CCCC(=O)O)cc1F. The van der Waals surface area contributed by atoms with E-state index < -0.39 is 55.3 Å². The van der Waals surface area contributed by atoms with Gasteiger partial charge in [-0.1, -0.05) is 6.07 Å². The van der Waals surface area contributed by atoms with Gasteiger partial charge in [0.25, 0.3) is 5.91 Å². The second kappa shape index (κ2) is 10.8. The van der Waals surface area contributed by atoms with Crippen molar-refractivity contribution in [3.05, 3.63) is 53.1 Å². The molecule has 0 unspecified atom stereocenters. The molecule has 2 N–H and O–H groups in total. The molecule has 1 heterocycles. The third-order valence-electron chi connectivity index (χ3n) is 6.00. The summed E-state index contributed by atoms with van der Waals surface area (Å²) in [6.07, 6.45) is 6.31. The first kappa shape index (κ1) is 28.6. The molecule has 12 heteroatoms. The van der Waals surface area contributed by atoms with E-state index in [1.165, 1.54) is 23.1 Å². The minimum Gasteiger partial charge on any atom is -0.481 e. The van der Waals surface area contributed by atoms with Crippen molar-refractivity contribution in [1.82, 2.24) is 4.90 Å². The number of rotatable bonds is 8. The van der Waals surface area contributed by atoms with Crippen LogP contribution in [0.5, 0.6) is 0 Å². The Hall–Kier alpha value is -2.99. The Morgan fingerprint density at radius 3 is 2.19 bits per heavy atom. The van der Waals surface area contributed by atoms with Crippen LogP contribution in [0.25, 0.3) is 0 Å². The fourth-order valence-electron chi connectivity index (χ4n) is 4.35. The number of carbonyl (C=O) groups excluding carboxylic acids is 2. The highest BCUT2D eigenvalue weighted by molar-refractivity contribution is 8.32. The Bertz CT molecular complexity index is 1330. The number of amides is 2. The van der Waals surface area contributed by atoms with Crippen LogP contribution in [0.3, 0.4) is 0 Å². The normalized spacial score (nSPS) is 16.2.